The molecule has 71 heavy (non-hydrogen) atoms. The molecule has 0 atom stereocenters. The topological polar surface area (TPSA) is 37.5 Å². The van der Waals surface area contributed by atoms with E-state index in [0.29, 0.717) is 0 Å². The van der Waals surface area contributed by atoms with Crippen LogP contribution in [0.5, 0.6) is 0 Å². The number of benzene rings is 10. The third kappa shape index (κ3) is 5.22. The average Bonchev–Trinajstić information content (AvgIpc) is 4.23. The molecule has 6 aromatic heterocycles. The Morgan fingerprint density at radius 1 is 0.211 bits per heavy atom. The van der Waals surface area contributed by atoms with E-state index in [1.165, 1.54) is 75.9 Å². The number of aromatic nitrogens is 6. The zero-order chi connectivity index (χ0) is 46.3. The molecule has 0 bridgehead atoms. The highest BCUT2D eigenvalue weighted by atomic mass is 15.1. The number of hydrogen-bond acceptors (Lipinski definition) is 1. The van der Waals surface area contributed by atoms with Crippen LogP contribution in [0.1, 0.15) is 0 Å². The third-order valence-electron chi connectivity index (χ3n) is 15.1. The Morgan fingerprint density at radius 3 is 1.10 bits per heavy atom. The normalized spacial score (nSPS) is 12.2. The van der Waals surface area contributed by atoms with Gasteiger partial charge >= 0.3 is 0 Å². The number of pyridine rings is 1. The van der Waals surface area contributed by atoms with E-state index in [1.807, 2.05) is 0 Å². The van der Waals surface area contributed by atoms with Crippen LogP contribution in [-0.4, -0.2) is 27.8 Å². The summed E-state index contributed by atoms with van der Waals surface area (Å²) in [5.41, 5.74) is 14.9. The molecule has 6 heteroatoms. The van der Waals surface area contributed by atoms with Crippen molar-refractivity contribution in [2.75, 3.05) is 0 Å². The van der Waals surface area contributed by atoms with Gasteiger partial charge in [0, 0.05) is 70.9 Å². The van der Waals surface area contributed by atoms with Gasteiger partial charge in [0.1, 0.15) is 11.6 Å². The van der Waals surface area contributed by atoms with Crippen molar-refractivity contribution in [2.24, 2.45) is 0 Å². The minimum Gasteiger partial charge on any atom is -0.309 e. The van der Waals surface area contributed by atoms with Gasteiger partial charge in [-0.2, -0.15) is 0 Å². The summed E-state index contributed by atoms with van der Waals surface area (Å²) in [4.78, 5) is 5.57. The summed E-state index contributed by atoms with van der Waals surface area (Å²) in [6.07, 6.45) is 0. The van der Waals surface area contributed by atoms with Crippen LogP contribution in [0.3, 0.4) is 0 Å². The Hall–Kier alpha value is -9.65. The van der Waals surface area contributed by atoms with Crippen LogP contribution in [0.2, 0.25) is 0 Å². The molecular weight excluding hydrogens is 865 g/mol. The summed E-state index contributed by atoms with van der Waals surface area (Å²) in [6, 6.07) is 88.2. The Bertz CT molecular complexity index is 4830. The highest BCUT2D eigenvalue weighted by Gasteiger charge is 2.24. The smallest absolute Gasteiger partial charge is 0.140 e. The van der Waals surface area contributed by atoms with Crippen molar-refractivity contribution < 1.29 is 0 Å². The van der Waals surface area contributed by atoms with Crippen LogP contribution in [0.4, 0.5) is 0 Å². The van der Waals surface area contributed by atoms with Gasteiger partial charge in [0.2, 0.25) is 0 Å². The maximum atomic E-state index is 5.57. The van der Waals surface area contributed by atoms with Crippen LogP contribution in [0.25, 0.3) is 138 Å². The Balaban J connectivity index is 0.957. The van der Waals surface area contributed by atoms with Crippen LogP contribution >= 0.6 is 0 Å². The maximum Gasteiger partial charge on any atom is 0.140 e. The van der Waals surface area contributed by atoms with Gasteiger partial charge in [0.25, 0.3) is 0 Å². The van der Waals surface area contributed by atoms with Gasteiger partial charge in [-0.1, -0.05) is 152 Å². The van der Waals surface area contributed by atoms with Crippen molar-refractivity contribution >= 4 is 109 Å². The van der Waals surface area contributed by atoms with E-state index < -0.39 is 0 Å². The maximum absolute atomic E-state index is 5.57. The second-order valence-electron chi connectivity index (χ2n) is 18.7. The van der Waals surface area contributed by atoms with Gasteiger partial charge < -0.3 is 13.7 Å². The fraction of sp³-hybridized carbons (Fsp3) is 0. The van der Waals surface area contributed by atoms with Crippen molar-refractivity contribution in [2.45, 2.75) is 0 Å². The summed E-state index contributed by atoms with van der Waals surface area (Å²) >= 11 is 0. The minimum absolute atomic E-state index is 0.869. The largest absolute Gasteiger partial charge is 0.309 e. The van der Waals surface area contributed by atoms with E-state index >= 15 is 0 Å². The zero-order valence-electron chi connectivity index (χ0n) is 38.3. The van der Waals surface area contributed by atoms with Gasteiger partial charge in [-0.25, -0.2) is 4.98 Å². The standard InChI is InChI=1S/C65H40N6/c1-2-18-41(19-3-1)67-56-32-14-8-26-50(56)62-58(67)38-36-48-46-24-6-10-28-52(46)69(64(48)62)43-21-16-20-42(40-43)68-57-33-15-9-27-51(57)63-59(68)39-37-49-47-25-7-13-31-55(47)71(65(49)63)61-35-17-34-60(66-61)70-53-29-11-4-22-44(53)45-23-5-12-30-54(45)70/h1-40H. The predicted molar refractivity (Wildman–Crippen MR) is 296 cm³/mol. The second kappa shape index (κ2) is 14.4. The molecule has 0 amide bonds. The SMILES string of the molecule is c1ccc(-n2c3ccccc3c3c2ccc2c4ccccc4n(-c4cccc(-n5c6ccccc6c6c5ccc5c7ccccc7n(-c7cccc(-n8c9ccccc9c9ccccc98)n7)c56)c4)c23)cc1. The van der Waals surface area contributed by atoms with Gasteiger partial charge in [0.05, 0.1) is 55.2 Å². The number of rotatable bonds is 5. The lowest BCUT2D eigenvalue weighted by Crippen LogP contribution is -2.03. The average molecular weight is 905 g/mol. The summed E-state index contributed by atoms with van der Waals surface area (Å²) < 4.78 is 12.1. The molecule has 0 N–H and O–H groups in total. The molecule has 0 saturated carbocycles. The molecule has 16 rings (SSSR count). The molecule has 6 nitrogen and oxygen atoms in total. The Labute approximate surface area is 406 Å². The van der Waals surface area contributed by atoms with E-state index in [1.54, 1.807) is 0 Å². The first kappa shape index (κ1) is 38.3. The highest BCUT2D eigenvalue weighted by Crippen LogP contribution is 2.45. The molecule has 0 aliphatic carbocycles. The van der Waals surface area contributed by atoms with Gasteiger partial charge in [-0.15, -0.1) is 0 Å². The molecule has 0 fully saturated rings. The lowest BCUT2D eigenvalue weighted by atomic mass is 10.1. The number of fused-ring (bicyclic) bond motifs is 17. The fourth-order valence-corrected chi connectivity index (χ4v) is 12.3. The molecule has 0 unspecified atom stereocenters. The van der Waals surface area contributed by atoms with E-state index in [0.717, 1.165) is 61.8 Å². The third-order valence-corrected chi connectivity index (χ3v) is 15.1. The van der Waals surface area contributed by atoms with Crippen molar-refractivity contribution in [1.82, 2.24) is 27.8 Å². The highest BCUT2D eigenvalue weighted by molar-refractivity contribution is 6.27. The second-order valence-corrected chi connectivity index (χ2v) is 18.7. The number of hydrogen-bond donors (Lipinski definition) is 0. The summed E-state index contributed by atoms with van der Waals surface area (Å²) in [6.45, 7) is 0. The predicted octanol–water partition coefficient (Wildman–Crippen LogP) is 16.6. The molecular formula is C65H40N6. The Kier molecular flexibility index (Phi) is 7.79. The summed E-state index contributed by atoms with van der Waals surface area (Å²) in [7, 11) is 0. The van der Waals surface area contributed by atoms with Gasteiger partial charge in [-0.3, -0.25) is 9.13 Å². The fourth-order valence-electron chi connectivity index (χ4n) is 12.3. The first-order chi connectivity index (χ1) is 35.3. The molecule has 0 aliphatic heterocycles. The van der Waals surface area contributed by atoms with Gasteiger partial charge in [0.15, 0.2) is 0 Å². The van der Waals surface area contributed by atoms with Crippen LogP contribution in [0, 0.1) is 0 Å². The number of para-hydroxylation sites is 7. The van der Waals surface area contributed by atoms with Crippen molar-refractivity contribution in [1.29, 1.82) is 0 Å². The van der Waals surface area contributed by atoms with E-state index in [4.69, 9.17) is 4.98 Å². The summed E-state index contributed by atoms with van der Waals surface area (Å²) in [5, 5.41) is 12.1. The molecule has 10 aromatic carbocycles. The van der Waals surface area contributed by atoms with E-state index in [-0.39, 0.29) is 0 Å². The van der Waals surface area contributed by atoms with E-state index in [9.17, 15) is 0 Å². The van der Waals surface area contributed by atoms with Crippen LogP contribution in [-0.2, 0) is 0 Å². The zero-order valence-corrected chi connectivity index (χ0v) is 38.3. The monoisotopic (exact) mass is 904 g/mol. The minimum atomic E-state index is 0.869. The van der Waals surface area contributed by atoms with Crippen LogP contribution in [0.15, 0.2) is 243 Å². The molecule has 0 radical (unpaired) electrons. The molecule has 0 aliphatic rings. The van der Waals surface area contributed by atoms with Crippen molar-refractivity contribution in [3.8, 4) is 28.7 Å². The molecule has 16 aromatic rings. The lowest BCUT2D eigenvalue weighted by molar-refractivity contribution is 1.02. The number of nitrogens with zero attached hydrogens (tertiary/aromatic N) is 6. The summed E-state index contributed by atoms with van der Waals surface area (Å²) in [5.74, 6) is 1.75. The van der Waals surface area contributed by atoms with Crippen LogP contribution < -0.4 is 0 Å². The quantitative estimate of drug-likeness (QED) is 0.170. The first-order valence-corrected chi connectivity index (χ1v) is 24.3. The lowest BCUT2D eigenvalue weighted by Gasteiger charge is -2.14. The molecule has 0 spiro atoms. The molecule has 0 saturated heterocycles. The Morgan fingerprint density at radius 2 is 0.563 bits per heavy atom. The molecule has 6 heterocycles. The van der Waals surface area contributed by atoms with Gasteiger partial charge in [-0.05, 0) is 91.0 Å². The van der Waals surface area contributed by atoms with E-state index in [2.05, 4.69) is 265 Å². The van der Waals surface area contributed by atoms with Crippen molar-refractivity contribution in [3.05, 3.63) is 243 Å². The molecule has 330 valence electrons. The van der Waals surface area contributed by atoms with Crippen molar-refractivity contribution in [3.63, 3.8) is 0 Å². The first-order valence-electron chi connectivity index (χ1n) is 24.3.